The van der Waals surface area contributed by atoms with E-state index in [-0.39, 0.29) is 12.2 Å². The minimum Gasteiger partial charge on any atom is -0.493 e. The molecule has 42 heavy (non-hydrogen) atoms. The van der Waals surface area contributed by atoms with E-state index in [1.54, 1.807) is 18.2 Å². The number of carbonyl (C=O) groups is 2. The number of benzene rings is 4. The SMILES string of the molecule is Cc1oc(-c2ccccc2)nc1CCOc1ccc(CCC(=O)O)c(CNc2ccccc2C(=O)c2ccccc2)c1. The van der Waals surface area contributed by atoms with Gasteiger partial charge in [-0.2, -0.15) is 0 Å². The topological polar surface area (TPSA) is 102 Å². The molecular weight excluding hydrogens is 528 g/mol. The molecule has 0 radical (unpaired) electrons. The van der Waals surface area contributed by atoms with Gasteiger partial charge in [0.25, 0.3) is 0 Å². The van der Waals surface area contributed by atoms with Crippen LogP contribution in [-0.2, 0) is 24.2 Å². The van der Waals surface area contributed by atoms with Gasteiger partial charge in [0.1, 0.15) is 11.5 Å². The molecule has 2 N–H and O–H groups in total. The van der Waals surface area contributed by atoms with Crippen molar-refractivity contribution in [2.24, 2.45) is 0 Å². The van der Waals surface area contributed by atoms with Gasteiger partial charge < -0.3 is 19.6 Å². The van der Waals surface area contributed by atoms with Crippen LogP contribution >= 0.6 is 0 Å². The monoisotopic (exact) mass is 560 g/mol. The highest BCUT2D eigenvalue weighted by Crippen LogP contribution is 2.25. The van der Waals surface area contributed by atoms with Crippen molar-refractivity contribution in [2.45, 2.75) is 32.7 Å². The first-order valence-corrected chi connectivity index (χ1v) is 13.9. The second-order valence-electron chi connectivity index (χ2n) is 9.90. The molecule has 7 heteroatoms. The molecule has 0 unspecified atom stereocenters. The molecule has 1 heterocycles. The average molecular weight is 561 g/mol. The number of para-hydroxylation sites is 1. The third kappa shape index (κ3) is 7.12. The van der Waals surface area contributed by atoms with Crippen molar-refractivity contribution in [2.75, 3.05) is 11.9 Å². The van der Waals surface area contributed by atoms with Crippen LogP contribution in [-0.4, -0.2) is 28.4 Å². The number of ketones is 1. The fourth-order valence-corrected chi connectivity index (χ4v) is 4.74. The van der Waals surface area contributed by atoms with Crippen LogP contribution in [0.5, 0.6) is 5.75 Å². The van der Waals surface area contributed by atoms with Crippen LogP contribution in [0.2, 0.25) is 0 Å². The number of nitrogens with one attached hydrogen (secondary N) is 1. The molecule has 5 rings (SSSR count). The smallest absolute Gasteiger partial charge is 0.303 e. The second kappa shape index (κ2) is 13.5. The van der Waals surface area contributed by atoms with Gasteiger partial charge in [-0.3, -0.25) is 9.59 Å². The molecule has 0 atom stereocenters. The largest absolute Gasteiger partial charge is 0.493 e. The molecule has 0 aliphatic heterocycles. The molecule has 0 amide bonds. The van der Waals surface area contributed by atoms with E-state index in [0.717, 1.165) is 28.1 Å². The number of hydrogen-bond donors (Lipinski definition) is 2. The van der Waals surface area contributed by atoms with Gasteiger partial charge in [0, 0.05) is 41.8 Å². The van der Waals surface area contributed by atoms with Crippen molar-refractivity contribution in [3.8, 4) is 17.2 Å². The number of hydrogen-bond acceptors (Lipinski definition) is 6. The Balaban J connectivity index is 1.29. The number of carboxylic acids is 1. The number of ether oxygens (including phenoxy) is 1. The van der Waals surface area contributed by atoms with Gasteiger partial charge in [0.05, 0.1) is 12.3 Å². The highest BCUT2D eigenvalue weighted by molar-refractivity contribution is 6.12. The first-order valence-electron chi connectivity index (χ1n) is 13.9. The Labute approximate surface area is 244 Å². The summed E-state index contributed by atoms with van der Waals surface area (Å²) in [6, 6.07) is 32.0. The summed E-state index contributed by atoms with van der Waals surface area (Å²) >= 11 is 0. The van der Waals surface area contributed by atoms with Gasteiger partial charge in [0.15, 0.2) is 5.78 Å². The first-order chi connectivity index (χ1) is 20.5. The molecule has 7 nitrogen and oxygen atoms in total. The molecule has 0 fully saturated rings. The predicted octanol–water partition coefficient (Wildman–Crippen LogP) is 7.13. The van der Waals surface area contributed by atoms with Gasteiger partial charge in [-0.25, -0.2) is 4.98 Å². The van der Waals surface area contributed by atoms with Gasteiger partial charge in [-0.15, -0.1) is 0 Å². The maximum absolute atomic E-state index is 13.2. The standard InChI is InChI=1S/C35H32N2O5/c1-24-31(37-35(42-24)27-12-6-3-7-13-27)20-21-41-29-18-16-25(17-19-33(38)39)28(22-29)23-36-32-15-9-8-14-30(32)34(40)26-10-4-2-5-11-26/h2-16,18,22,36H,17,19-21,23H2,1H3,(H,38,39). The summed E-state index contributed by atoms with van der Waals surface area (Å²) in [5.41, 5.74) is 5.47. The van der Waals surface area contributed by atoms with Crippen LogP contribution in [0.3, 0.4) is 0 Å². The van der Waals surface area contributed by atoms with Gasteiger partial charge in [0.2, 0.25) is 5.89 Å². The third-order valence-electron chi connectivity index (χ3n) is 6.98. The van der Waals surface area contributed by atoms with Gasteiger partial charge in [-0.1, -0.05) is 66.7 Å². The Morgan fingerprint density at radius 2 is 1.57 bits per heavy atom. The number of carboxylic acid groups (broad SMARTS) is 1. The predicted molar refractivity (Wildman–Crippen MR) is 162 cm³/mol. The number of aromatic nitrogens is 1. The van der Waals surface area contributed by atoms with E-state index in [4.69, 9.17) is 9.15 Å². The van der Waals surface area contributed by atoms with E-state index in [2.05, 4.69) is 10.3 Å². The van der Waals surface area contributed by atoms with E-state index < -0.39 is 5.97 Å². The number of aryl methyl sites for hydroxylation is 2. The van der Waals surface area contributed by atoms with Crippen LogP contribution in [0, 0.1) is 6.92 Å². The van der Waals surface area contributed by atoms with Crippen LogP contribution in [0.1, 0.15) is 44.9 Å². The molecule has 0 bridgehead atoms. The Bertz CT molecular complexity index is 1660. The van der Waals surface area contributed by atoms with Crippen LogP contribution in [0.4, 0.5) is 5.69 Å². The summed E-state index contributed by atoms with van der Waals surface area (Å²) < 4.78 is 12.0. The van der Waals surface area contributed by atoms with Crippen molar-refractivity contribution in [1.82, 2.24) is 4.98 Å². The minimum atomic E-state index is -0.856. The van der Waals surface area contributed by atoms with Crippen molar-refractivity contribution in [3.05, 3.63) is 137 Å². The number of carbonyl (C=O) groups excluding carboxylic acids is 1. The maximum Gasteiger partial charge on any atom is 0.303 e. The van der Waals surface area contributed by atoms with Crippen molar-refractivity contribution < 1.29 is 23.8 Å². The fourth-order valence-electron chi connectivity index (χ4n) is 4.74. The molecule has 0 saturated carbocycles. The summed E-state index contributed by atoms with van der Waals surface area (Å²) in [7, 11) is 0. The molecule has 0 spiro atoms. The van der Waals surface area contributed by atoms with Gasteiger partial charge >= 0.3 is 5.97 Å². The number of aliphatic carboxylic acids is 1. The Hall–Kier alpha value is -5.17. The fraction of sp³-hybridized carbons (Fsp3) is 0.171. The Morgan fingerprint density at radius 3 is 2.33 bits per heavy atom. The lowest BCUT2D eigenvalue weighted by atomic mass is 10.00. The molecule has 0 aliphatic rings. The number of nitrogens with zero attached hydrogens (tertiary/aromatic N) is 1. The third-order valence-corrected chi connectivity index (χ3v) is 6.98. The summed E-state index contributed by atoms with van der Waals surface area (Å²) in [6.45, 7) is 2.70. The summed E-state index contributed by atoms with van der Waals surface area (Å²) in [5, 5.41) is 12.7. The highest BCUT2D eigenvalue weighted by atomic mass is 16.5. The van der Waals surface area contributed by atoms with Crippen LogP contribution in [0.25, 0.3) is 11.5 Å². The second-order valence-corrected chi connectivity index (χ2v) is 9.90. The van der Waals surface area contributed by atoms with Crippen molar-refractivity contribution in [3.63, 3.8) is 0 Å². The summed E-state index contributed by atoms with van der Waals surface area (Å²) in [6.07, 6.45) is 0.981. The van der Waals surface area contributed by atoms with E-state index in [1.165, 1.54) is 0 Å². The van der Waals surface area contributed by atoms with E-state index >= 15 is 0 Å². The lowest BCUT2D eigenvalue weighted by Gasteiger charge is -2.16. The quantitative estimate of drug-likeness (QED) is 0.148. The number of oxazole rings is 1. The zero-order valence-electron chi connectivity index (χ0n) is 23.4. The van der Waals surface area contributed by atoms with Crippen LogP contribution in [0.15, 0.2) is 108 Å². The maximum atomic E-state index is 13.2. The first kappa shape index (κ1) is 28.4. The zero-order chi connectivity index (χ0) is 29.3. The lowest BCUT2D eigenvalue weighted by Crippen LogP contribution is -2.10. The van der Waals surface area contributed by atoms with Crippen molar-refractivity contribution >= 4 is 17.4 Å². The lowest BCUT2D eigenvalue weighted by molar-refractivity contribution is -0.136. The molecule has 5 aromatic rings. The van der Waals surface area contributed by atoms with Crippen molar-refractivity contribution in [1.29, 1.82) is 0 Å². The zero-order valence-corrected chi connectivity index (χ0v) is 23.4. The van der Waals surface area contributed by atoms with E-state index in [9.17, 15) is 14.7 Å². The normalized spacial score (nSPS) is 10.8. The number of rotatable bonds is 13. The Morgan fingerprint density at radius 1 is 0.857 bits per heavy atom. The van der Waals surface area contributed by atoms with Gasteiger partial charge in [-0.05, 0) is 60.9 Å². The van der Waals surface area contributed by atoms with Crippen LogP contribution < -0.4 is 10.1 Å². The van der Waals surface area contributed by atoms with E-state index in [1.807, 2.05) is 91.9 Å². The van der Waals surface area contributed by atoms with E-state index in [0.29, 0.717) is 54.4 Å². The summed E-state index contributed by atoms with van der Waals surface area (Å²) in [5.74, 6) is 1.09. The molecule has 0 saturated heterocycles. The molecule has 1 aromatic heterocycles. The Kier molecular flexibility index (Phi) is 9.09. The highest BCUT2D eigenvalue weighted by Gasteiger charge is 2.15. The molecule has 0 aliphatic carbocycles. The summed E-state index contributed by atoms with van der Waals surface area (Å²) in [4.78, 5) is 29.1. The molecule has 4 aromatic carbocycles. The number of anilines is 1. The molecular formula is C35H32N2O5. The minimum absolute atomic E-state index is 0.0193. The molecule has 212 valence electrons. The average Bonchev–Trinajstić information content (AvgIpc) is 3.40.